The molecular weight excluding hydrogens is 230 g/mol. The summed E-state index contributed by atoms with van der Waals surface area (Å²) in [6.07, 6.45) is 2.11. The molecule has 0 bridgehead atoms. The molecule has 0 amide bonds. The van der Waals surface area contributed by atoms with Crippen molar-refractivity contribution in [3.8, 4) is 6.07 Å². The first kappa shape index (κ1) is 14.7. The van der Waals surface area contributed by atoms with Gasteiger partial charge in [-0.1, -0.05) is 0 Å². The van der Waals surface area contributed by atoms with Gasteiger partial charge in [0.1, 0.15) is 5.76 Å². The van der Waals surface area contributed by atoms with Gasteiger partial charge in [0.05, 0.1) is 25.0 Å². The van der Waals surface area contributed by atoms with Crippen LogP contribution >= 0.6 is 0 Å². The van der Waals surface area contributed by atoms with Crippen LogP contribution < -0.4 is 5.73 Å². The van der Waals surface area contributed by atoms with Crippen molar-refractivity contribution in [3.63, 3.8) is 0 Å². The summed E-state index contributed by atoms with van der Waals surface area (Å²) in [6.45, 7) is 3.94. The first-order valence-electron chi connectivity index (χ1n) is 6.09. The van der Waals surface area contributed by atoms with E-state index in [1.807, 2.05) is 19.1 Å². The molecule has 5 heteroatoms. The predicted octanol–water partition coefficient (Wildman–Crippen LogP) is 1.53. The fourth-order valence-corrected chi connectivity index (χ4v) is 2.02. The van der Waals surface area contributed by atoms with Crippen molar-refractivity contribution in [3.05, 3.63) is 24.2 Å². The molecule has 0 spiro atoms. The Kier molecular flexibility index (Phi) is 6.44. The quantitative estimate of drug-likeness (QED) is 0.758. The Hall–Kier alpha value is -1.35. The molecule has 2 atom stereocenters. The van der Waals surface area contributed by atoms with E-state index in [4.69, 9.17) is 20.1 Å². The number of hydrogen-bond donors (Lipinski definition) is 1. The minimum Gasteiger partial charge on any atom is -0.468 e. The number of nitriles is 1. The predicted molar refractivity (Wildman–Crippen MR) is 68.8 cm³/mol. The second-order valence-corrected chi connectivity index (χ2v) is 4.26. The SMILES string of the molecule is COCCN(CCC#N)C(c1ccco1)C(C)N. The second kappa shape index (κ2) is 7.88. The average Bonchev–Trinajstić information content (AvgIpc) is 2.85. The zero-order valence-corrected chi connectivity index (χ0v) is 11.0. The van der Waals surface area contributed by atoms with Crippen LogP contribution in [0, 0.1) is 11.3 Å². The third kappa shape index (κ3) is 4.15. The molecule has 100 valence electrons. The highest BCUT2D eigenvalue weighted by Gasteiger charge is 2.25. The van der Waals surface area contributed by atoms with Crippen molar-refractivity contribution in [2.24, 2.45) is 5.73 Å². The van der Waals surface area contributed by atoms with Crippen LogP contribution in [0.5, 0.6) is 0 Å². The standard InChI is InChI=1S/C13H21N3O2/c1-11(15)13(12-5-3-9-18-12)16(7-4-6-14)8-10-17-2/h3,5,9,11,13H,4,7-8,10,15H2,1-2H3. The first-order valence-corrected chi connectivity index (χ1v) is 6.09. The molecule has 0 saturated carbocycles. The monoisotopic (exact) mass is 251 g/mol. The lowest BCUT2D eigenvalue weighted by Crippen LogP contribution is -2.41. The van der Waals surface area contributed by atoms with Gasteiger partial charge in [0, 0.05) is 32.7 Å². The largest absolute Gasteiger partial charge is 0.468 e. The smallest absolute Gasteiger partial charge is 0.122 e. The maximum absolute atomic E-state index is 8.73. The highest BCUT2D eigenvalue weighted by Crippen LogP contribution is 2.24. The topological polar surface area (TPSA) is 75.4 Å². The van der Waals surface area contributed by atoms with Gasteiger partial charge in [-0.25, -0.2) is 0 Å². The second-order valence-electron chi connectivity index (χ2n) is 4.26. The van der Waals surface area contributed by atoms with E-state index < -0.39 is 0 Å². The lowest BCUT2D eigenvalue weighted by atomic mass is 10.1. The Balaban J connectivity index is 2.80. The molecule has 0 fully saturated rings. The number of nitrogens with zero attached hydrogens (tertiary/aromatic N) is 2. The van der Waals surface area contributed by atoms with E-state index in [9.17, 15) is 0 Å². The van der Waals surface area contributed by atoms with Crippen molar-refractivity contribution >= 4 is 0 Å². The molecule has 18 heavy (non-hydrogen) atoms. The summed E-state index contributed by atoms with van der Waals surface area (Å²) in [5, 5.41) is 8.73. The fourth-order valence-electron chi connectivity index (χ4n) is 2.02. The van der Waals surface area contributed by atoms with Gasteiger partial charge >= 0.3 is 0 Å². The summed E-state index contributed by atoms with van der Waals surface area (Å²) < 4.78 is 10.6. The molecule has 2 unspecified atom stereocenters. The molecule has 0 aliphatic heterocycles. The van der Waals surface area contributed by atoms with E-state index in [0.717, 1.165) is 12.3 Å². The van der Waals surface area contributed by atoms with Gasteiger partial charge < -0.3 is 14.9 Å². The third-order valence-electron chi connectivity index (χ3n) is 2.82. The highest BCUT2D eigenvalue weighted by atomic mass is 16.5. The van der Waals surface area contributed by atoms with Gasteiger partial charge in [0.2, 0.25) is 0 Å². The van der Waals surface area contributed by atoms with Gasteiger partial charge in [-0.15, -0.1) is 0 Å². The summed E-state index contributed by atoms with van der Waals surface area (Å²) in [7, 11) is 1.66. The van der Waals surface area contributed by atoms with E-state index in [1.165, 1.54) is 0 Å². The van der Waals surface area contributed by atoms with Crippen molar-refractivity contribution in [2.75, 3.05) is 26.8 Å². The lowest BCUT2D eigenvalue weighted by Gasteiger charge is -2.32. The molecule has 1 aromatic rings. The molecule has 1 aromatic heterocycles. The van der Waals surface area contributed by atoms with Gasteiger partial charge in [-0.3, -0.25) is 4.90 Å². The maximum atomic E-state index is 8.73. The van der Waals surface area contributed by atoms with Crippen LogP contribution in [0.1, 0.15) is 25.1 Å². The highest BCUT2D eigenvalue weighted by molar-refractivity contribution is 5.07. The maximum Gasteiger partial charge on any atom is 0.122 e. The Labute approximate surface area is 108 Å². The number of methoxy groups -OCH3 is 1. The molecule has 2 N–H and O–H groups in total. The number of rotatable bonds is 8. The molecule has 0 radical (unpaired) electrons. The van der Waals surface area contributed by atoms with Gasteiger partial charge in [-0.05, 0) is 19.1 Å². The summed E-state index contributed by atoms with van der Waals surface area (Å²) in [5.41, 5.74) is 6.05. The molecule has 0 saturated heterocycles. The minimum absolute atomic E-state index is 0.0245. The van der Waals surface area contributed by atoms with Crippen molar-refractivity contribution in [2.45, 2.75) is 25.4 Å². The Bertz CT molecular complexity index is 357. The fraction of sp³-hybridized carbons (Fsp3) is 0.615. The van der Waals surface area contributed by atoms with Crippen LogP contribution in [-0.2, 0) is 4.74 Å². The number of hydrogen-bond acceptors (Lipinski definition) is 5. The zero-order chi connectivity index (χ0) is 13.4. The van der Waals surface area contributed by atoms with Crippen LogP contribution in [0.3, 0.4) is 0 Å². The summed E-state index contributed by atoms with van der Waals surface area (Å²) >= 11 is 0. The van der Waals surface area contributed by atoms with E-state index in [-0.39, 0.29) is 12.1 Å². The van der Waals surface area contributed by atoms with Crippen LogP contribution in [0.25, 0.3) is 0 Å². The Morgan fingerprint density at radius 1 is 1.56 bits per heavy atom. The van der Waals surface area contributed by atoms with Crippen LogP contribution in [-0.4, -0.2) is 37.7 Å². The van der Waals surface area contributed by atoms with Gasteiger partial charge in [-0.2, -0.15) is 5.26 Å². The molecule has 0 aliphatic rings. The number of ether oxygens (including phenoxy) is 1. The van der Waals surface area contributed by atoms with Crippen molar-refractivity contribution < 1.29 is 9.15 Å². The van der Waals surface area contributed by atoms with E-state index in [1.54, 1.807) is 13.4 Å². The van der Waals surface area contributed by atoms with Crippen LogP contribution in [0.4, 0.5) is 0 Å². The summed E-state index contributed by atoms with van der Waals surface area (Å²) in [4.78, 5) is 2.14. The number of nitrogens with two attached hydrogens (primary N) is 1. The zero-order valence-electron chi connectivity index (χ0n) is 11.0. The van der Waals surface area contributed by atoms with E-state index >= 15 is 0 Å². The molecule has 5 nitrogen and oxygen atoms in total. The molecule has 1 rings (SSSR count). The molecular formula is C13H21N3O2. The Morgan fingerprint density at radius 2 is 2.33 bits per heavy atom. The normalized spacial score (nSPS) is 14.4. The molecule has 0 aliphatic carbocycles. The van der Waals surface area contributed by atoms with Crippen molar-refractivity contribution in [1.29, 1.82) is 5.26 Å². The minimum atomic E-state index is -0.0771. The number of furan rings is 1. The van der Waals surface area contributed by atoms with Crippen molar-refractivity contribution in [1.82, 2.24) is 4.90 Å². The van der Waals surface area contributed by atoms with Crippen LogP contribution in [0.15, 0.2) is 22.8 Å². The molecule has 1 heterocycles. The van der Waals surface area contributed by atoms with E-state index in [2.05, 4.69) is 11.0 Å². The third-order valence-corrected chi connectivity index (χ3v) is 2.82. The Morgan fingerprint density at radius 3 is 2.83 bits per heavy atom. The van der Waals surface area contributed by atoms with Gasteiger partial charge in [0.15, 0.2) is 0 Å². The van der Waals surface area contributed by atoms with Crippen LogP contribution in [0.2, 0.25) is 0 Å². The first-order chi connectivity index (χ1) is 8.70. The van der Waals surface area contributed by atoms with Gasteiger partial charge in [0.25, 0.3) is 0 Å². The molecule has 0 aromatic carbocycles. The summed E-state index contributed by atoms with van der Waals surface area (Å²) in [5.74, 6) is 0.832. The lowest BCUT2D eigenvalue weighted by molar-refractivity contribution is 0.102. The summed E-state index contributed by atoms with van der Waals surface area (Å²) in [6, 6.07) is 5.83. The van der Waals surface area contributed by atoms with E-state index in [0.29, 0.717) is 19.6 Å². The average molecular weight is 251 g/mol.